The first-order valence-corrected chi connectivity index (χ1v) is 4.55. The second kappa shape index (κ2) is 3.39. The Bertz CT molecular complexity index is 463. The molecule has 0 heterocycles. The largest absolute Gasteiger partial charge is 0.389 e. The third kappa shape index (κ3) is 1.49. The third-order valence-corrected chi connectivity index (χ3v) is 2.32. The molecular weight excluding hydrogens is 179 g/mol. The summed E-state index contributed by atoms with van der Waals surface area (Å²) in [6.45, 7) is 1.56. The van der Waals surface area contributed by atoms with Crippen molar-refractivity contribution < 1.29 is 9.50 Å². The Hall–Kier alpha value is -1.41. The molecule has 1 nitrogen and oxygen atoms in total. The molecule has 0 bridgehead atoms. The molecule has 1 N–H and O–H groups in total. The van der Waals surface area contributed by atoms with Crippen molar-refractivity contribution in [3.8, 4) is 0 Å². The molecule has 2 rings (SSSR count). The van der Waals surface area contributed by atoms with Crippen molar-refractivity contribution in [1.82, 2.24) is 0 Å². The van der Waals surface area contributed by atoms with Crippen LogP contribution < -0.4 is 0 Å². The summed E-state index contributed by atoms with van der Waals surface area (Å²) >= 11 is 0. The van der Waals surface area contributed by atoms with E-state index < -0.39 is 6.10 Å². The summed E-state index contributed by atoms with van der Waals surface area (Å²) in [5.74, 6) is -0.348. The van der Waals surface area contributed by atoms with E-state index in [0.29, 0.717) is 5.56 Å². The highest BCUT2D eigenvalue weighted by Crippen LogP contribution is 2.23. The zero-order valence-electron chi connectivity index (χ0n) is 7.87. The Labute approximate surface area is 81.8 Å². The first-order chi connectivity index (χ1) is 6.68. The van der Waals surface area contributed by atoms with Crippen LogP contribution in [-0.2, 0) is 0 Å². The number of fused-ring (bicyclic) bond motifs is 1. The maximum absolute atomic E-state index is 13.4. The van der Waals surface area contributed by atoms with Crippen molar-refractivity contribution in [2.45, 2.75) is 13.0 Å². The van der Waals surface area contributed by atoms with Gasteiger partial charge in [0, 0.05) is 5.56 Å². The summed E-state index contributed by atoms with van der Waals surface area (Å²) in [6, 6.07) is 10.7. The quantitative estimate of drug-likeness (QED) is 0.732. The zero-order valence-corrected chi connectivity index (χ0v) is 7.87. The van der Waals surface area contributed by atoms with Crippen molar-refractivity contribution in [2.75, 3.05) is 0 Å². The van der Waals surface area contributed by atoms with Gasteiger partial charge in [0.15, 0.2) is 0 Å². The van der Waals surface area contributed by atoms with Crippen molar-refractivity contribution >= 4 is 10.8 Å². The van der Waals surface area contributed by atoms with Crippen molar-refractivity contribution in [2.24, 2.45) is 0 Å². The highest BCUT2D eigenvalue weighted by atomic mass is 19.1. The molecule has 1 atom stereocenters. The molecule has 72 valence electrons. The lowest BCUT2D eigenvalue weighted by atomic mass is 10.0. The number of rotatable bonds is 1. The maximum Gasteiger partial charge on any atom is 0.129 e. The predicted molar refractivity (Wildman–Crippen MR) is 54.5 cm³/mol. The lowest BCUT2D eigenvalue weighted by Crippen LogP contribution is -1.95. The van der Waals surface area contributed by atoms with E-state index in [1.54, 1.807) is 13.0 Å². The molecule has 0 aliphatic rings. The average molecular weight is 190 g/mol. The Morgan fingerprint density at radius 1 is 1.14 bits per heavy atom. The Balaban J connectivity index is 2.71. The highest BCUT2D eigenvalue weighted by molar-refractivity contribution is 5.83. The second-order valence-corrected chi connectivity index (χ2v) is 3.40. The monoisotopic (exact) mass is 190 g/mol. The number of hydrogen-bond acceptors (Lipinski definition) is 1. The van der Waals surface area contributed by atoms with Crippen LogP contribution in [0, 0.1) is 5.82 Å². The van der Waals surface area contributed by atoms with Crippen LogP contribution in [0.1, 0.15) is 18.6 Å². The smallest absolute Gasteiger partial charge is 0.129 e. The van der Waals surface area contributed by atoms with Gasteiger partial charge in [-0.15, -0.1) is 0 Å². The van der Waals surface area contributed by atoms with E-state index in [2.05, 4.69) is 0 Å². The fourth-order valence-electron chi connectivity index (χ4n) is 1.55. The normalized spacial score (nSPS) is 13.1. The van der Waals surface area contributed by atoms with E-state index in [1.807, 2.05) is 24.3 Å². The molecule has 0 aliphatic carbocycles. The van der Waals surface area contributed by atoms with E-state index in [0.717, 1.165) is 10.8 Å². The van der Waals surface area contributed by atoms with Gasteiger partial charge >= 0.3 is 0 Å². The van der Waals surface area contributed by atoms with Crippen LogP contribution >= 0.6 is 0 Å². The van der Waals surface area contributed by atoms with Gasteiger partial charge in [-0.25, -0.2) is 4.39 Å². The first-order valence-electron chi connectivity index (χ1n) is 4.55. The minimum atomic E-state index is -0.764. The van der Waals surface area contributed by atoms with Crippen LogP contribution in [0.2, 0.25) is 0 Å². The predicted octanol–water partition coefficient (Wildman–Crippen LogP) is 3.03. The zero-order chi connectivity index (χ0) is 10.1. The standard InChI is InChI=1S/C12H11FO/c1-8(14)11-6-9-4-2-3-5-10(9)7-12(11)13/h2-8,14H,1H3. The molecule has 0 aromatic heterocycles. The molecule has 14 heavy (non-hydrogen) atoms. The summed E-state index contributed by atoms with van der Waals surface area (Å²) < 4.78 is 13.4. The lowest BCUT2D eigenvalue weighted by Gasteiger charge is -2.07. The summed E-state index contributed by atoms with van der Waals surface area (Å²) in [7, 11) is 0. The van der Waals surface area contributed by atoms with Gasteiger partial charge in [-0.05, 0) is 29.8 Å². The summed E-state index contributed by atoms with van der Waals surface area (Å²) in [5.41, 5.74) is 0.351. The Morgan fingerprint density at radius 3 is 2.29 bits per heavy atom. The molecule has 0 amide bonds. The minimum absolute atomic E-state index is 0.348. The van der Waals surface area contributed by atoms with Crippen LogP contribution in [0.25, 0.3) is 10.8 Å². The molecular formula is C12H11FO. The lowest BCUT2D eigenvalue weighted by molar-refractivity contribution is 0.194. The summed E-state index contributed by atoms with van der Waals surface area (Å²) in [6.07, 6.45) is -0.764. The number of benzene rings is 2. The van der Waals surface area contributed by atoms with Crippen LogP contribution in [0.3, 0.4) is 0 Å². The SMILES string of the molecule is CC(O)c1cc2ccccc2cc1F. The molecule has 0 saturated carbocycles. The van der Waals surface area contributed by atoms with E-state index in [-0.39, 0.29) is 5.82 Å². The van der Waals surface area contributed by atoms with Gasteiger partial charge < -0.3 is 5.11 Å². The van der Waals surface area contributed by atoms with Crippen LogP contribution in [0.4, 0.5) is 4.39 Å². The van der Waals surface area contributed by atoms with Crippen LogP contribution in [-0.4, -0.2) is 5.11 Å². The summed E-state index contributed by atoms with van der Waals surface area (Å²) in [4.78, 5) is 0. The third-order valence-electron chi connectivity index (χ3n) is 2.32. The van der Waals surface area contributed by atoms with Gasteiger partial charge in [-0.2, -0.15) is 0 Å². The topological polar surface area (TPSA) is 20.2 Å². The van der Waals surface area contributed by atoms with Crippen molar-refractivity contribution in [3.63, 3.8) is 0 Å². The molecule has 0 saturated heterocycles. The van der Waals surface area contributed by atoms with E-state index in [4.69, 9.17) is 0 Å². The molecule has 1 unspecified atom stereocenters. The Kier molecular flexibility index (Phi) is 2.22. The number of aliphatic hydroxyl groups excluding tert-OH is 1. The number of aliphatic hydroxyl groups is 1. The fourth-order valence-corrected chi connectivity index (χ4v) is 1.55. The Morgan fingerprint density at radius 2 is 1.71 bits per heavy atom. The summed E-state index contributed by atoms with van der Waals surface area (Å²) in [5, 5.41) is 11.1. The number of hydrogen-bond donors (Lipinski definition) is 1. The van der Waals surface area contributed by atoms with E-state index >= 15 is 0 Å². The highest BCUT2D eigenvalue weighted by Gasteiger charge is 2.08. The van der Waals surface area contributed by atoms with E-state index in [9.17, 15) is 9.50 Å². The minimum Gasteiger partial charge on any atom is -0.389 e. The van der Waals surface area contributed by atoms with Gasteiger partial charge in [0.25, 0.3) is 0 Å². The first kappa shape index (κ1) is 9.16. The van der Waals surface area contributed by atoms with Crippen LogP contribution in [0.15, 0.2) is 36.4 Å². The van der Waals surface area contributed by atoms with Gasteiger partial charge in [0.1, 0.15) is 5.82 Å². The molecule has 0 radical (unpaired) electrons. The fraction of sp³-hybridized carbons (Fsp3) is 0.167. The number of halogens is 1. The van der Waals surface area contributed by atoms with E-state index in [1.165, 1.54) is 6.07 Å². The van der Waals surface area contributed by atoms with Gasteiger partial charge in [-0.1, -0.05) is 24.3 Å². The molecule has 2 heteroatoms. The maximum atomic E-state index is 13.4. The molecule has 0 aliphatic heterocycles. The average Bonchev–Trinajstić information content (AvgIpc) is 2.16. The second-order valence-electron chi connectivity index (χ2n) is 3.40. The molecule has 2 aromatic rings. The van der Waals surface area contributed by atoms with Gasteiger partial charge in [0.05, 0.1) is 6.10 Å². The van der Waals surface area contributed by atoms with Gasteiger partial charge in [0.2, 0.25) is 0 Å². The van der Waals surface area contributed by atoms with Crippen molar-refractivity contribution in [1.29, 1.82) is 0 Å². The molecule has 2 aromatic carbocycles. The van der Waals surface area contributed by atoms with Crippen molar-refractivity contribution in [3.05, 3.63) is 47.8 Å². The van der Waals surface area contributed by atoms with Crippen LogP contribution in [0.5, 0.6) is 0 Å². The van der Waals surface area contributed by atoms with Gasteiger partial charge in [-0.3, -0.25) is 0 Å². The molecule has 0 fully saturated rings. The molecule has 0 spiro atoms.